The molecule has 0 saturated carbocycles. The van der Waals surface area contributed by atoms with E-state index in [9.17, 15) is 18.0 Å². The number of pyridine rings is 1. The summed E-state index contributed by atoms with van der Waals surface area (Å²) in [5.74, 6) is 0.496. The zero-order valence-electron chi connectivity index (χ0n) is 15.8. The zero-order valence-corrected chi connectivity index (χ0v) is 15.8. The van der Waals surface area contributed by atoms with E-state index in [1.165, 1.54) is 6.07 Å². The summed E-state index contributed by atoms with van der Waals surface area (Å²) in [7, 11) is 0. The molecule has 1 aromatic carbocycles. The van der Waals surface area contributed by atoms with E-state index in [1.54, 1.807) is 17.0 Å². The molecule has 150 valence electrons. The molecule has 0 radical (unpaired) electrons. The van der Waals surface area contributed by atoms with Crippen molar-refractivity contribution in [2.24, 2.45) is 0 Å². The number of nitrogens with zero attached hydrogens (tertiary/aromatic N) is 2. The number of carbonyl (C=O) groups excluding carboxylic acids is 1. The number of urea groups is 1. The summed E-state index contributed by atoms with van der Waals surface area (Å²) < 4.78 is 38.6. The lowest BCUT2D eigenvalue weighted by molar-refractivity contribution is -0.137. The highest BCUT2D eigenvalue weighted by molar-refractivity contribution is 5.88. The predicted molar refractivity (Wildman–Crippen MR) is 102 cm³/mol. The number of anilines is 2. The monoisotopic (exact) mass is 392 g/mol. The maximum atomic E-state index is 12.9. The number of benzene rings is 1. The molecule has 0 bridgehead atoms. The fourth-order valence-corrected chi connectivity index (χ4v) is 3.39. The molecule has 1 aliphatic heterocycles. The van der Waals surface area contributed by atoms with E-state index in [-0.39, 0.29) is 12.1 Å². The van der Waals surface area contributed by atoms with E-state index in [1.807, 2.05) is 19.9 Å². The fourth-order valence-electron chi connectivity index (χ4n) is 3.39. The Morgan fingerprint density at radius 1 is 1.21 bits per heavy atom. The molecule has 1 saturated heterocycles. The van der Waals surface area contributed by atoms with Gasteiger partial charge in [-0.2, -0.15) is 13.2 Å². The minimum atomic E-state index is -4.38. The maximum Gasteiger partial charge on any atom is 0.416 e. The van der Waals surface area contributed by atoms with Crippen molar-refractivity contribution in [3.63, 3.8) is 0 Å². The van der Waals surface area contributed by atoms with Gasteiger partial charge in [0.1, 0.15) is 5.82 Å². The van der Waals surface area contributed by atoms with Crippen LogP contribution in [0.4, 0.5) is 29.5 Å². The molecular weight excluding hydrogens is 369 g/mol. The van der Waals surface area contributed by atoms with Crippen LogP contribution in [0.3, 0.4) is 0 Å². The largest absolute Gasteiger partial charge is 0.416 e. The van der Waals surface area contributed by atoms with E-state index in [4.69, 9.17) is 0 Å². The first-order valence-electron chi connectivity index (χ1n) is 9.16. The quantitative estimate of drug-likeness (QED) is 0.787. The van der Waals surface area contributed by atoms with E-state index in [0.717, 1.165) is 36.2 Å². The van der Waals surface area contributed by atoms with E-state index < -0.39 is 11.7 Å². The number of aromatic nitrogens is 1. The summed E-state index contributed by atoms with van der Waals surface area (Å²) in [5.41, 5.74) is 1.53. The number of nitrogens with one attached hydrogen (secondary N) is 2. The molecule has 8 heteroatoms. The number of aryl methyl sites for hydroxylation is 2. The Hall–Kier alpha value is -2.77. The molecule has 2 heterocycles. The van der Waals surface area contributed by atoms with E-state index in [0.29, 0.717) is 24.6 Å². The summed E-state index contributed by atoms with van der Waals surface area (Å²) in [5, 5.41) is 5.93. The van der Waals surface area contributed by atoms with Crippen molar-refractivity contribution in [1.82, 2.24) is 9.88 Å². The van der Waals surface area contributed by atoms with Crippen LogP contribution in [0.15, 0.2) is 36.4 Å². The minimum Gasteiger partial charge on any atom is -0.381 e. The second-order valence-corrected chi connectivity index (χ2v) is 7.11. The number of amides is 2. The first-order valence-corrected chi connectivity index (χ1v) is 9.16. The van der Waals surface area contributed by atoms with Crippen molar-refractivity contribution in [2.45, 2.75) is 38.9 Å². The van der Waals surface area contributed by atoms with Crippen molar-refractivity contribution in [3.8, 4) is 0 Å². The molecule has 2 N–H and O–H groups in total. The third-order valence-corrected chi connectivity index (χ3v) is 4.60. The van der Waals surface area contributed by atoms with Gasteiger partial charge in [0, 0.05) is 30.5 Å². The van der Waals surface area contributed by atoms with Gasteiger partial charge in [-0.3, -0.25) is 5.32 Å². The van der Waals surface area contributed by atoms with Gasteiger partial charge in [-0.25, -0.2) is 9.78 Å². The normalized spacial score (nSPS) is 17.3. The maximum absolute atomic E-state index is 12.9. The van der Waals surface area contributed by atoms with Crippen LogP contribution in [0.5, 0.6) is 0 Å². The standard InChI is InChI=1S/C20H23F3N4O/c1-13-9-14(2)24-18(10-13)26-19(28)27-8-4-7-17(12-27)25-16-6-3-5-15(11-16)20(21,22)23/h3,5-6,9-11,17,25H,4,7-8,12H2,1-2H3,(H,24,26,28). The number of likely N-dealkylation sites (tertiary alicyclic amines) is 1. The summed E-state index contributed by atoms with van der Waals surface area (Å²) in [6, 6.07) is 8.47. The Balaban J connectivity index is 1.63. The van der Waals surface area contributed by atoms with Crippen LogP contribution in [-0.4, -0.2) is 35.0 Å². The molecule has 3 rings (SSSR count). The number of hydrogen-bond acceptors (Lipinski definition) is 3. The molecule has 0 aliphatic carbocycles. The van der Waals surface area contributed by atoms with Crippen LogP contribution < -0.4 is 10.6 Å². The molecule has 28 heavy (non-hydrogen) atoms. The summed E-state index contributed by atoms with van der Waals surface area (Å²) >= 11 is 0. The smallest absolute Gasteiger partial charge is 0.381 e. The lowest BCUT2D eigenvalue weighted by atomic mass is 10.1. The van der Waals surface area contributed by atoms with Gasteiger partial charge in [-0.1, -0.05) is 6.07 Å². The molecule has 1 atom stereocenters. The Bertz CT molecular complexity index is 833. The van der Waals surface area contributed by atoms with Gasteiger partial charge in [0.15, 0.2) is 0 Å². The molecule has 0 spiro atoms. The van der Waals surface area contributed by atoms with Crippen LogP contribution in [0, 0.1) is 13.8 Å². The Kier molecular flexibility index (Phi) is 5.76. The fraction of sp³-hybridized carbons (Fsp3) is 0.400. The average Bonchev–Trinajstić information content (AvgIpc) is 2.60. The molecular formula is C20H23F3N4O. The molecule has 1 unspecified atom stereocenters. The highest BCUT2D eigenvalue weighted by Crippen LogP contribution is 2.31. The first-order chi connectivity index (χ1) is 13.2. The highest BCUT2D eigenvalue weighted by Gasteiger charge is 2.31. The number of halogens is 3. The average molecular weight is 392 g/mol. The van der Waals surface area contributed by atoms with Gasteiger partial charge in [-0.05, 0) is 62.6 Å². The second kappa shape index (κ2) is 8.08. The molecule has 1 aliphatic rings. The molecule has 1 aromatic heterocycles. The Morgan fingerprint density at radius 3 is 2.71 bits per heavy atom. The summed E-state index contributed by atoms with van der Waals surface area (Å²) in [6.45, 7) is 4.79. The van der Waals surface area contributed by atoms with Crippen molar-refractivity contribution in [1.29, 1.82) is 0 Å². The minimum absolute atomic E-state index is 0.116. The van der Waals surface area contributed by atoms with Gasteiger partial charge in [0.25, 0.3) is 0 Å². The van der Waals surface area contributed by atoms with Crippen molar-refractivity contribution >= 4 is 17.5 Å². The Morgan fingerprint density at radius 2 is 2.00 bits per heavy atom. The molecule has 1 fully saturated rings. The number of piperidine rings is 1. The van der Waals surface area contributed by atoms with Crippen LogP contribution in [0.2, 0.25) is 0 Å². The molecule has 2 amide bonds. The summed E-state index contributed by atoms with van der Waals surface area (Å²) in [6.07, 6.45) is -2.83. The van der Waals surface area contributed by atoms with Crippen LogP contribution in [0.25, 0.3) is 0 Å². The third-order valence-electron chi connectivity index (χ3n) is 4.60. The number of alkyl halides is 3. The van der Waals surface area contributed by atoms with E-state index in [2.05, 4.69) is 15.6 Å². The van der Waals surface area contributed by atoms with E-state index >= 15 is 0 Å². The van der Waals surface area contributed by atoms with Gasteiger partial charge in [-0.15, -0.1) is 0 Å². The Labute approximate surface area is 162 Å². The number of rotatable bonds is 3. The predicted octanol–water partition coefficient (Wildman–Crippen LogP) is 4.83. The molecule has 2 aromatic rings. The highest BCUT2D eigenvalue weighted by atomic mass is 19.4. The van der Waals surface area contributed by atoms with Crippen LogP contribution in [-0.2, 0) is 6.18 Å². The van der Waals surface area contributed by atoms with Gasteiger partial charge < -0.3 is 10.2 Å². The second-order valence-electron chi connectivity index (χ2n) is 7.11. The lowest BCUT2D eigenvalue weighted by Crippen LogP contribution is -2.46. The summed E-state index contributed by atoms with van der Waals surface area (Å²) in [4.78, 5) is 18.5. The third kappa shape index (κ3) is 5.15. The van der Waals surface area contributed by atoms with Crippen LogP contribution >= 0.6 is 0 Å². The van der Waals surface area contributed by atoms with Gasteiger partial charge in [0.05, 0.1) is 5.56 Å². The number of hydrogen-bond donors (Lipinski definition) is 2. The van der Waals surface area contributed by atoms with Crippen molar-refractivity contribution < 1.29 is 18.0 Å². The SMILES string of the molecule is Cc1cc(C)nc(NC(=O)N2CCCC(Nc3cccc(C(F)(F)F)c3)C2)c1. The van der Waals surface area contributed by atoms with Crippen molar-refractivity contribution in [3.05, 3.63) is 53.2 Å². The number of carbonyl (C=O) groups is 1. The van der Waals surface area contributed by atoms with Crippen molar-refractivity contribution in [2.75, 3.05) is 23.7 Å². The first kappa shape index (κ1) is 20.0. The topological polar surface area (TPSA) is 57.3 Å². The lowest BCUT2D eigenvalue weighted by Gasteiger charge is -2.33. The molecule has 5 nitrogen and oxygen atoms in total. The van der Waals surface area contributed by atoms with Crippen LogP contribution in [0.1, 0.15) is 29.7 Å². The zero-order chi connectivity index (χ0) is 20.3. The van der Waals surface area contributed by atoms with Gasteiger partial charge in [0.2, 0.25) is 0 Å². The van der Waals surface area contributed by atoms with Gasteiger partial charge >= 0.3 is 12.2 Å².